The van der Waals surface area contributed by atoms with Crippen molar-refractivity contribution in [2.24, 2.45) is 0 Å². The Balaban J connectivity index is 2.05. The fraction of sp³-hybridized carbons (Fsp3) is 0.727. The van der Waals surface area contributed by atoms with E-state index in [1.165, 1.54) is 25.3 Å². The molecular weight excluding hydrogens is 178 g/mol. The highest BCUT2D eigenvalue weighted by atomic mass is 16.5. The first-order valence-electron chi connectivity index (χ1n) is 5.34. The monoisotopic (exact) mass is 197 g/mol. The summed E-state index contributed by atoms with van der Waals surface area (Å²) in [4.78, 5) is 13.3. The zero-order valence-electron chi connectivity index (χ0n) is 8.87. The van der Waals surface area contributed by atoms with E-state index in [0.717, 1.165) is 19.6 Å². The number of rotatable bonds is 4. The van der Waals surface area contributed by atoms with Gasteiger partial charge >= 0.3 is 5.97 Å². The summed E-state index contributed by atoms with van der Waals surface area (Å²) in [6.45, 7) is 5.51. The molecule has 14 heavy (non-hydrogen) atoms. The van der Waals surface area contributed by atoms with Crippen LogP contribution in [0.1, 0.15) is 26.2 Å². The highest BCUT2D eigenvalue weighted by Gasteiger charge is 2.09. The zero-order chi connectivity index (χ0) is 10.2. The van der Waals surface area contributed by atoms with Crippen LogP contribution in [0.2, 0.25) is 0 Å². The number of allylic oxidation sites excluding steroid dienone is 1. The number of likely N-dealkylation sites (tertiary alicyclic amines) is 1. The van der Waals surface area contributed by atoms with Crippen molar-refractivity contribution in [1.82, 2.24) is 4.90 Å². The highest BCUT2D eigenvalue weighted by molar-refractivity contribution is 5.81. The van der Waals surface area contributed by atoms with Crippen LogP contribution < -0.4 is 0 Å². The van der Waals surface area contributed by atoms with E-state index in [1.54, 1.807) is 6.08 Å². The van der Waals surface area contributed by atoms with Gasteiger partial charge in [0.05, 0.1) is 0 Å². The highest BCUT2D eigenvalue weighted by Crippen LogP contribution is 2.07. The molecule has 0 aromatic rings. The summed E-state index contributed by atoms with van der Waals surface area (Å²) < 4.78 is 5.02. The third kappa shape index (κ3) is 4.42. The first-order chi connectivity index (χ1) is 6.83. The fourth-order valence-corrected chi connectivity index (χ4v) is 1.64. The number of esters is 1. The number of nitrogens with zero attached hydrogens (tertiary/aromatic N) is 1. The summed E-state index contributed by atoms with van der Waals surface area (Å²) in [5.74, 6) is -0.232. The molecule has 1 aliphatic heterocycles. The number of hydrogen-bond donors (Lipinski definition) is 0. The molecule has 0 bridgehead atoms. The van der Waals surface area contributed by atoms with E-state index in [1.807, 2.05) is 6.92 Å². The Bertz CT molecular complexity index is 195. The molecule has 0 saturated carbocycles. The van der Waals surface area contributed by atoms with Gasteiger partial charge in [-0.15, -0.1) is 0 Å². The van der Waals surface area contributed by atoms with Gasteiger partial charge in [-0.3, -0.25) is 4.90 Å². The van der Waals surface area contributed by atoms with E-state index in [0.29, 0.717) is 6.61 Å². The SMILES string of the molecule is C/C=C/C(=O)OCCN1CCCCC1. The smallest absolute Gasteiger partial charge is 0.330 e. The summed E-state index contributed by atoms with van der Waals surface area (Å²) in [5, 5.41) is 0. The van der Waals surface area contributed by atoms with Crippen molar-refractivity contribution < 1.29 is 9.53 Å². The van der Waals surface area contributed by atoms with Crippen LogP contribution in [0.3, 0.4) is 0 Å². The van der Waals surface area contributed by atoms with Crippen molar-refractivity contribution in [2.75, 3.05) is 26.2 Å². The first kappa shape index (κ1) is 11.2. The van der Waals surface area contributed by atoms with E-state index < -0.39 is 0 Å². The normalized spacial score (nSPS) is 18.6. The Morgan fingerprint density at radius 2 is 2.07 bits per heavy atom. The number of hydrogen-bond acceptors (Lipinski definition) is 3. The minimum atomic E-state index is -0.232. The first-order valence-corrected chi connectivity index (χ1v) is 5.34. The third-order valence-electron chi connectivity index (χ3n) is 2.40. The molecular formula is C11H19NO2. The Morgan fingerprint density at radius 1 is 1.36 bits per heavy atom. The van der Waals surface area contributed by atoms with Gasteiger partial charge in [0.15, 0.2) is 0 Å². The largest absolute Gasteiger partial charge is 0.461 e. The lowest BCUT2D eigenvalue weighted by molar-refractivity contribution is -0.138. The molecule has 3 nitrogen and oxygen atoms in total. The molecule has 0 aliphatic carbocycles. The summed E-state index contributed by atoms with van der Waals surface area (Å²) in [5.41, 5.74) is 0. The van der Waals surface area contributed by atoms with E-state index in [2.05, 4.69) is 4.90 Å². The summed E-state index contributed by atoms with van der Waals surface area (Å²) in [6.07, 6.45) is 7.06. The minimum absolute atomic E-state index is 0.232. The van der Waals surface area contributed by atoms with Gasteiger partial charge in [0.1, 0.15) is 6.61 Å². The second kappa shape index (κ2) is 6.60. The van der Waals surface area contributed by atoms with Crippen LogP contribution in [-0.4, -0.2) is 37.1 Å². The molecule has 1 rings (SSSR count). The third-order valence-corrected chi connectivity index (χ3v) is 2.40. The quantitative estimate of drug-likeness (QED) is 0.506. The maximum absolute atomic E-state index is 11.0. The van der Waals surface area contributed by atoms with Crippen molar-refractivity contribution in [3.05, 3.63) is 12.2 Å². The van der Waals surface area contributed by atoms with Crippen LogP contribution in [0, 0.1) is 0 Å². The van der Waals surface area contributed by atoms with Gasteiger partial charge in [0, 0.05) is 12.6 Å². The van der Waals surface area contributed by atoms with Crippen LogP contribution in [0.15, 0.2) is 12.2 Å². The van der Waals surface area contributed by atoms with E-state index in [-0.39, 0.29) is 5.97 Å². The summed E-state index contributed by atoms with van der Waals surface area (Å²) in [6, 6.07) is 0. The molecule has 0 atom stereocenters. The number of piperidine rings is 1. The predicted molar refractivity (Wildman–Crippen MR) is 56.1 cm³/mol. The van der Waals surface area contributed by atoms with E-state index >= 15 is 0 Å². The molecule has 0 aromatic heterocycles. The molecule has 1 aliphatic rings. The van der Waals surface area contributed by atoms with Gasteiger partial charge in [-0.2, -0.15) is 0 Å². The fourth-order valence-electron chi connectivity index (χ4n) is 1.64. The number of carbonyl (C=O) groups is 1. The number of carbonyl (C=O) groups excluding carboxylic acids is 1. The Hall–Kier alpha value is -0.830. The second-order valence-electron chi connectivity index (χ2n) is 3.57. The Kier molecular flexibility index (Phi) is 5.30. The molecule has 1 fully saturated rings. The topological polar surface area (TPSA) is 29.5 Å². The van der Waals surface area contributed by atoms with Crippen molar-refractivity contribution in [3.8, 4) is 0 Å². The van der Waals surface area contributed by atoms with Crippen molar-refractivity contribution in [2.45, 2.75) is 26.2 Å². The molecule has 1 saturated heterocycles. The molecule has 0 N–H and O–H groups in total. The lowest BCUT2D eigenvalue weighted by Crippen LogP contribution is -2.33. The maximum Gasteiger partial charge on any atom is 0.330 e. The molecule has 3 heteroatoms. The Morgan fingerprint density at radius 3 is 2.71 bits per heavy atom. The van der Waals surface area contributed by atoms with Crippen LogP contribution in [0.5, 0.6) is 0 Å². The lowest BCUT2D eigenvalue weighted by atomic mass is 10.1. The van der Waals surface area contributed by atoms with Crippen LogP contribution in [0.25, 0.3) is 0 Å². The molecule has 1 heterocycles. The Labute approximate surface area is 85.7 Å². The second-order valence-corrected chi connectivity index (χ2v) is 3.57. The minimum Gasteiger partial charge on any atom is -0.461 e. The van der Waals surface area contributed by atoms with Crippen LogP contribution in [0.4, 0.5) is 0 Å². The molecule has 0 radical (unpaired) electrons. The van der Waals surface area contributed by atoms with Crippen LogP contribution >= 0.6 is 0 Å². The van der Waals surface area contributed by atoms with Gasteiger partial charge in [-0.05, 0) is 32.9 Å². The summed E-state index contributed by atoms with van der Waals surface area (Å²) in [7, 11) is 0. The average molecular weight is 197 g/mol. The van der Waals surface area contributed by atoms with Crippen molar-refractivity contribution in [3.63, 3.8) is 0 Å². The van der Waals surface area contributed by atoms with E-state index in [4.69, 9.17) is 4.74 Å². The van der Waals surface area contributed by atoms with Gasteiger partial charge in [0.25, 0.3) is 0 Å². The van der Waals surface area contributed by atoms with Crippen LogP contribution in [-0.2, 0) is 9.53 Å². The molecule has 80 valence electrons. The average Bonchev–Trinajstić information content (AvgIpc) is 2.20. The molecule has 0 spiro atoms. The molecule has 0 aromatic carbocycles. The lowest BCUT2D eigenvalue weighted by Gasteiger charge is -2.25. The van der Waals surface area contributed by atoms with Gasteiger partial charge in [-0.25, -0.2) is 4.79 Å². The van der Waals surface area contributed by atoms with Crippen molar-refractivity contribution in [1.29, 1.82) is 0 Å². The van der Waals surface area contributed by atoms with Gasteiger partial charge in [-0.1, -0.05) is 12.5 Å². The van der Waals surface area contributed by atoms with Gasteiger partial charge < -0.3 is 4.74 Å². The molecule has 0 amide bonds. The number of ether oxygens (including phenoxy) is 1. The predicted octanol–water partition coefficient (Wildman–Crippen LogP) is 1.59. The van der Waals surface area contributed by atoms with Crippen molar-refractivity contribution >= 4 is 5.97 Å². The van der Waals surface area contributed by atoms with Gasteiger partial charge in [0.2, 0.25) is 0 Å². The van der Waals surface area contributed by atoms with E-state index in [9.17, 15) is 4.79 Å². The standard InChI is InChI=1S/C11H19NO2/c1-2-6-11(13)14-10-9-12-7-4-3-5-8-12/h2,6H,3-5,7-10H2,1H3/b6-2+. The molecule has 0 unspecified atom stereocenters. The summed E-state index contributed by atoms with van der Waals surface area (Å²) >= 11 is 0. The zero-order valence-corrected chi connectivity index (χ0v) is 8.87. The maximum atomic E-state index is 11.0.